The SMILES string of the molecule is Cn1nnnc1SCc1ccc(C#CCCO)cc1F. The lowest BCUT2D eigenvalue weighted by Crippen LogP contribution is -1.95. The zero-order valence-electron chi connectivity index (χ0n) is 10.9. The summed E-state index contributed by atoms with van der Waals surface area (Å²) in [5.74, 6) is 5.70. The topological polar surface area (TPSA) is 63.8 Å². The maximum Gasteiger partial charge on any atom is 0.209 e. The van der Waals surface area contributed by atoms with Crippen molar-refractivity contribution in [1.29, 1.82) is 0 Å². The molecule has 2 aromatic rings. The molecule has 0 aliphatic rings. The molecule has 7 heteroatoms. The molecule has 0 saturated carbocycles. The molecule has 1 N–H and O–H groups in total. The number of aliphatic hydroxyl groups is 1. The predicted molar refractivity (Wildman–Crippen MR) is 73.3 cm³/mol. The van der Waals surface area contributed by atoms with Gasteiger partial charge in [0.25, 0.3) is 0 Å². The highest BCUT2D eigenvalue weighted by Gasteiger charge is 2.07. The Labute approximate surface area is 120 Å². The number of hydrogen-bond acceptors (Lipinski definition) is 5. The third-order valence-corrected chi connectivity index (χ3v) is 3.52. The van der Waals surface area contributed by atoms with Crippen LogP contribution in [0.15, 0.2) is 23.4 Å². The Morgan fingerprint density at radius 3 is 2.95 bits per heavy atom. The molecule has 5 nitrogen and oxygen atoms in total. The van der Waals surface area contributed by atoms with Gasteiger partial charge in [0.1, 0.15) is 5.82 Å². The van der Waals surface area contributed by atoms with Crippen molar-refractivity contribution in [1.82, 2.24) is 20.2 Å². The van der Waals surface area contributed by atoms with E-state index >= 15 is 0 Å². The van der Waals surface area contributed by atoms with Gasteiger partial charge in [0.05, 0.1) is 6.61 Å². The van der Waals surface area contributed by atoms with E-state index in [1.807, 2.05) is 0 Å². The first kappa shape index (κ1) is 14.5. The number of benzene rings is 1. The standard InChI is InChI=1S/C13H13FN4OS/c1-18-13(15-16-17-18)20-9-11-6-5-10(8-12(11)14)4-2-3-7-19/h5-6,8,19H,3,7,9H2,1H3. The van der Waals surface area contributed by atoms with Gasteiger partial charge in [-0.2, -0.15) is 0 Å². The lowest BCUT2D eigenvalue weighted by atomic mass is 10.1. The second-order valence-electron chi connectivity index (χ2n) is 3.96. The lowest BCUT2D eigenvalue weighted by molar-refractivity contribution is 0.305. The Morgan fingerprint density at radius 1 is 1.45 bits per heavy atom. The van der Waals surface area contributed by atoms with E-state index in [1.54, 1.807) is 19.2 Å². The van der Waals surface area contributed by atoms with Gasteiger partial charge in [0.2, 0.25) is 5.16 Å². The number of tetrazole rings is 1. The first-order valence-electron chi connectivity index (χ1n) is 5.94. The molecule has 0 fully saturated rings. The summed E-state index contributed by atoms with van der Waals surface area (Å²) in [6.45, 7) is 0.00986. The summed E-state index contributed by atoms with van der Waals surface area (Å²) in [6.07, 6.45) is 0.387. The van der Waals surface area contributed by atoms with Crippen molar-refractivity contribution >= 4 is 11.8 Å². The van der Waals surface area contributed by atoms with Crippen LogP contribution in [-0.4, -0.2) is 31.9 Å². The van der Waals surface area contributed by atoms with Crippen molar-refractivity contribution in [3.05, 3.63) is 35.1 Å². The molecule has 0 amide bonds. The van der Waals surface area contributed by atoms with Crippen molar-refractivity contribution < 1.29 is 9.50 Å². The zero-order valence-corrected chi connectivity index (χ0v) is 11.7. The summed E-state index contributed by atoms with van der Waals surface area (Å²) >= 11 is 1.37. The van der Waals surface area contributed by atoms with Gasteiger partial charge in [-0.1, -0.05) is 29.7 Å². The number of hydrogen-bond donors (Lipinski definition) is 1. The summed E-state index contributed by atoms with van der Waals surface area (Å²) < 4.78 is 15.4. The molecule has 1 aromatic carbocycles. The molecule has 0 aliphatic carbocycles. The third-order valence-electron chi connectivity index (χ3n) is 2.46. The van der Waals surface area contributed by atoms with Crippen molar-refractivity contribution in [3.8, 4) is 11.8 Å². The first-order chi connectivity index (χ1) is 9.70. The molecule has 0 saturated heterocycles. The van der Waals surface area contributed by atoms with E-state index in [9.17, 15) is 4.39 Å². The highest BCUT2D eigenvalue weighted by molar-refractivity contribution is 7.98. The molecule has 1 heterocycles. The fraction of sp³-hybridized carbons (Fsp3) is 0.308. The molecule has 20 heavy (non-hydrogen) atoms. The van der Waals surface area contributed by atoms with Gasteiger partial charge in [0, 0.05) is 24.8 Å². The monoisotopic (exact) mass is 292 g/mol. The second-order valence-corrected chi connectivity index (χ2v) is 4.90. The number of halogens is 1. The van der Waals surface area contributed by atoms with Crippen LogP contribution in [0.5, 0.6) is 0 Å². The molecule has 1 aromatic heterocycles. The van der Waals surface area contributed by atoms with E-state index < -0.39 is 0 Å². The Bertz CT molecular complexity index is 647. The van der Waals surface area contributed by atoms with Crippen LogP contribution < -0.4 is 0 Å². The highest BCUT2D eigenvalue weighted by atomic mass is 32.2. The minimum absolute atomic E-state index is 0.00986. The molecule has 0 spiro atoms. The maximum absolute atomic E-state index is 13.9. The summed E-state index contributed by atoms with van der Waals surface area (Å²) in [4.78, 5) is 0. The third kappa shape index (κ3) is 3.79. The fourth-order valence-corrected chi connectivity index (χ4v) is 2.28. The Kier molecular flexibility index (Phi) is 5.09. The summed E-state index contributed by atoms with van der Waals surface area (Å²) in [5, 5.41) is 20.3. The first-order valence-corrected chi connectivity index (χ1v) is 6.92. The largest absolute Gasteiger partial charge is 0.395 e. The van der Waals surface area contributed by atoms with E-state index in [4.69, 9.17) is 5.11 Å². The van der Waals surface area contributed by atoms with Crippen molar-refractivity contribution in [3.63, 3.8) is 0 Å². The lowest BCUT2D eigenvalue weighted by Gasteiger charge is -2.02. The van der Waals surface area contributed by atoms with Gasteiger partial charge >= 0.3 is 0 Å². The molecule has 0 atom stereocenters. The van der Waals surface area contributed by atoms with Crippen molar-refractivity contribution in [2.45, 2.75) is 17.3 Å². The predicted octanol–water partition coefficient (Wildman–Crippen LogP) is 1.38. The number of aryl methyl sites for hydroxylation is 1. The van der Waals surface area contributed by atoms with E-state index in [2.05, 4.69) is 27.4 Å². The van der Waals surface area contributed by atoms with Crippen LogP contribution in [0.25, 0.3) is 0 Å². The van der Waals surface area contributed by atoms with Crippen LogP contribution in [0.1, 0.15) is 17.5 Å². The smallest absolute Gasteiger partial charge is 0.209 e. The molecule has 0 radical (unpaired) electrons. The summed E-state index contributed by atoms with van der Waals surface area (Å²) in [6, 6.07) is 4.86. The van der Waals surface area contributed by atoms with Gasteiger partial charge in [-0.25, -0.2) is 9.07 Å². The molecule has 0 unspecified atom stereocenters. The quantitative estimate of drug-likeness (QED) is 0.681. The van der Waals surface area contributed by atoms with Crippen LogP contribution in [0.2, 0.25) is 0 Å². The zero-order chi connectivity index (χ0) is 14.4. The van der Waals surface area contributed by atoms with Crippen LogP contribution in [0.3, 0.4) is 0 Å². The Balaban J connectivity index is 2.03. The molecule has 0 bridgehead atoms. The van der Waals surface area contributed by atoms with Gasteiger partial charge in [-0.3, -0.25) is 0 Å². The number of thioether (sulfide) groups is 1. The van der Waals surface area contributed by atoms with Crippen LogP contribution in [-0.2, 0) is 12.8 Å². The Hall–Kier alpha value is -1.91. The van der Waals surface area contributed by atoms with Crippen molar-refractivity contribution in [2.75, 3.05) is 6.61 Å². The molecular weight excluding hydrogens is 279 g/mol. The van der Waals surface area contributed by atoms with Gasteiger partial charge in [-0.15, -0.1) is 5.10 Å². The van der Waals surface area contributed by atoms with E-state index in [-0.39, 0.29) is 12.4 Å². The van der Waals surface area contributed by atoms with Crippen LogP contribution in [0.4, 0.5) is 4.39 Å². The van der Waals surface area contributed by atoms with E-state index in [1.165, 1.54) is 22.5 Å². The number of rotatable bonds is 4. The minimum atomic E-state index is -0.302. The second kappa shape index (κ2) is 7.03. The molecule has 0 aliphatic heterocycles. The van der Waals surface area contributed by atoms with Gasteiger partial charge in [0.15, 0.2) is 0 Å². The fourth-order valence-electron chi connectivity index (χ4n) is 1.45. The Morgan fingerprint density at radius 2 is 2.30 bits per heavy atom. The molecule has 104 valence electrons. The average Bonchev–Trinajstić information content (AvgIpc) is 2.84. The number of aromatic nitrogens is 4. The van der Waals surface area contributed by atoms with Gasteiger partial charge in [-0.05, 0) is 28.1 Å². The maximum atomic E-state index is 13.9. The highest BCUT2D eigenvalue weighted by Crippen LogP contribution is 2.21. The normalized spacial score (nSPS) is 10.2. The number of nitrogens with zero attached hydrogens (tertiary/aromatic N) is 4. The van der Waals surface area contributed by atoms with E-state index in [0.717, 1.165) is 0 Å². The van der Waals surface area contributed by atoms with Crippen molar-refractivity contribution in [2.24, 2.45) is 7.05 Å². The molecular formula is C13H13FN4OS. The minimum Gasteiger partial charge on any atom is -0.395 e. The number of aliphatic hydroxyl groups excluding tert-OH is 1. The molecule has 2 rings (SSSR count). The van der Waals surface area contributed by atoms with Crippen LogP contribution >= 0.6 is 11.8 Å². The summed E-state index contributed by atoms with van der Waals surface area (Å²) in [5.41, 5.74) is 1.18. The summed E-state index contributed by atoms with van der Waals surface area (Å²) in [7, 11) is 1.73. The average molecular weight is 292 g/mol. The van der Waals surface area contributed by atoms with E-state index in [0.29, 0.717) is 28.5 Å². The van der Waals surface area contributed by atoms with Crippen LogP contribution in [0, 0.1) is 17.7 Å². The van der Waals surface area contributed by atoms with Gasteiger partial charge < -0.3 is 5.11 Å².